The van der Waals surface area contributed by atoms with Gasteiger partial charge in [0.25, 0.3) is 0 Å². The van der Waals surface area contributed by atoms with Gasteiger partial charge in [-0.2, -0.15) is 0 Å². The van der Waals surface area contributed by atoms with Gasteiger partial charge in [0.05, 0.1) is 5.69 Å². The van der Waals surface area contributed by atoms with Gasteiger partial charge in [-0.05, 0) is 62.1 Å². The summed E-state index contributed by atoms with van der Waals surface area (Å²) in [4.78, 5) is 6.69. The molecule has 1 aliphatic rings. The highest BCUT2D eigenvalue weighted by atomic mass is 15.1. The van der Waals surface area contributed by atoms with E-state index in [1.165, 1.54) is 35.3 Å². The molecular weight excluding hydrogens is 258 g/mol. The molecule has 1 heterocycles. The summed E-state index contributed by atoms with van der Waals surface area (Å²) in [7, 11) is 2.11. The van der Waals surface area contributed by atoms with Crippen LogP contribution in [0.4, 0.5) is 11.4 Å². The number of nitrogens with zero attached hydrogens (tertiary/aromatic N) is 2. The third kappa shape index (κ3) is 3.61. The topological polar surface area (TPSA) is 28.2 Å². The average molecular weight is 281 g/mol. The largest absolute Gasteiger partial charge is 0.345 e. The van der Waals surface area contributed by atoms with Crippen LogP contribution < -0.4 is 10.2 Å². The van der Waals surface area contributed by atoms with Crippen LogP contribution in [0, 0.1) is 13.8 Å². The third-order valence-electron chi connectivity index (χ3n) is 3.93. The molecule has 0 bridgehead atoms. The summed E-state index contributed by atoms with van der Waals surface area (Å²) in [5.41, 5.74) is 6.10. The zero-order valence-electron chi connectivity index (χ0n) is 13.1. The predicted octanol–water partition coefficient (Wildman–Crippen LogP) is 3.72. The summed E-state index contributed by atoms with van der Waals surface area (Å²) >= 11 is 0. The zero-order valence-corrected chi connectivity index (χ0v) is 13.1. The second-order valence-electron chi connectivity index (χ2n) is 6.07. The van der Waals surface area contributed by atoms with Crippen LogP contribution in [-0.2, 0) is 6.54 Å². The lowest BCUT2D eigenvalue weighted by molar-refractivity contribution is 0.674. The highest BCUT2D eigenvalue weighted by Crippen LogP contribution is 2.26. The minimum atomic E-state index is 0.715. The van der Waals surface area contributed by atoms with E-state index in [0.29, 0.717) is 6.04 Å². The van der Waals surface area contributed by atoms with E-state index in [4.69, 9.17) is 0 Å². The lowest BCUT2D eigenvalue weighted by Crippen LogP contribution is -2.17. The maximum absolute atomic E-state index is 4.46. The van der Waals surface area contributed by atoms with E-state index < -0.39 is 0 Å². The molecule has 21 heavy (non-hydrogen) atoms. The second kappa shape index (κ2) is 5.86. The van der Waals surface area contributed by atoms with Crippen molar-refractivity contribution in [1.82, 2.24) is 10.3 Å². The molecular formula is C18H23N3. The Hall–Kier alpha value is -1.87. The number of hydrogen-bond acceptors (Lipinski definition) is 3. The minimum absolute atomic E-state index is 0.715. The molecule has 3 nitrogen and oxygen atoms in total. The number of hydrogen-bond donors (Lipinski definition) is 1. The van der Waals surface area contributed by atoms with Crippen molar-refractivity contribution in [3.63, 3.8) is 0 Å². The maximum atomic E-state index is 4.46. The number of pyridine rings is 1. The Morgan fingerprint density at radius 3 is 2.48 bits per heavy atom. The first-order valence-electron chi connectivity index (χ1n) is 7.62. The molecule has 1 N–H and O–H groups in total. The Morgan fingerprint density at radius 1 is 1.10 bits per heavy atom. The number of nitrogens with one attached hydrogen (secondary N) is 1. The zero-order chi connectivity index (χ0) is 14.8. The van der Waals surface area contributed by atoms with E-state index in [1.54, 1.807) is 0 Å². The number of benzene rings is 1. The monoisotopic (exact) mass is 281 g/mol. The van der Waals surface area contributed by atoms with Crippen LogP contribution in [0.15, 0.2) is 36.5 Å². The normalized spacial score (nSPS) is 14.2. The van der Waals surface area contributed by atoms with Crippen LogP contribution >= 0.6 is 0 Å². The summed E-state index contributed by atoms with van der Waals surface area (Å²) in [6, 6.07) is 11.6. The molecule has 0 saturated heterocycles. The van der Waals surface area contributed by atoms with E-state index in [1.807, 2.05) is 6.20 Å². The molecule has 0 spiro atoms. The van der Waals surface area contributed by atoms with E-state index in [0.717, 1.165) is 12.2 Å². The Balaban J connectivity index is 1.79. The van der Waals surface area contributed by atoms with Crippen molar-refractivity contribution in [3.8, 4) is 0 Å². The van der Waals surface area contributed by atoms with Gasteiger partial charge in [-0.1, -0.05) is 6.07 Å². The number of aryl methyl sites for hydroxylation is 2. The average Bonchev–Trinajstić information content (AvgIpc) is 3.28. The fourth-order valence-corrected chi connectivity index (χ4v) is 2.60. The van der Waals surface area contributed by atoms with E-state index in [-0.39, 0.29) is 0 Å². The van der Waals surface area contributed by atoms with E-state index in [2.05, 4.69) is 66.4 Å². The summed E-state index contributed by atoms with van der Waals surface area (Å²) in [5, 5.41) is 3.52. The fourth-order valence-electron chi connectivity index (χ4n) is 2.60. The highest BCUT2D eigenvalue weighted by molar-refractivity contribution is 5.63. The van der Waals surface area contributed by atoms with Crippen molar-refractivity contribution in [2.75, 3.05) is 11.9 Å². The van der Waals surface area contributed by atoms with Gasteiger partial charge in [-0.25, -0.2) is 0 Å². The van der Waals surface area contributed by atoms with Gasteiger partial charge >= 0.3 is 0 Å². The number of aromatic nitrogens is 1. The smallest absolute Gasteiger partial charge is 0.0562 e. The summed E-state index contributed by atoms with van der Waals surface area (Å²) in [5.74, 6) is 0. The first-order valence-corrected chi connectivity index (χ1v) is 7.62. The molecule has 110 valence electrons. The highest BCUT2D eigenvalue weighted by Gasteiger charge is 2.20. The van der Waals surface area contributed by atoms with Crippen molar-refractivity contribution in [2.45, 2.75) is 39.3 Å². The maximum Gasteiger partial charge on any atom is 0.0562 e. The Kier molecular flexibility index (Phi) is 3.93. The lowest BCUT2D eigenvalue weighted by Gasteiger charge is -2.21. The summed E-state index contributed by atoms with van der Waals surface area (Å²) < 4.78 is 0. The fraction of sp³-hybridized carbons (Fsp3) is 0.389. The number of anilines is 2. The van der Waals surface area contributed by atoms with Crippen molar-refractivity contribution in [3.05, 3.63) is 53.3 Å². The van der Waals surface area contributed by atoms with Gasteiger partial charge in [0, 0.05) is 37.2 Å². The molecule has 1 aliphatic carbocycles. The van der Waals surface area contributed by atoms with Gasteiger partial charge in [-0.3, -0.25) is 4.98 Å². The molecule has 1 aromatic heterocycles. The van der Waals surface area contributed by atoms with Crippen LogP contribution in [0.1, 0.15) is 29.7 Å². The van der Waals surface area contributed by atoms with Crippen LogP contribution in [-0.4, -0.2) is 18.1 Å². The molecule has 1 saturated carbocycles. The lowest BCUT2D eigenvalue weighted by atomic mass is 10.1. The Bertz CT molecular complexity index is 612. The van der Waals surface area contributed by atoms with Crippen molar-refractivity contribution < 1.29 is 0 Å². The van der Waals surface area contributed by atoms with Gasteiger partial charge in [0.2, 0.25) is 0 Å². The van der Waals surface area contributed by atoms with Gasteiger partial charge in [-0.15, -0.1) is 0 Å². The molecule has 2 aromatic rings. The molecule has 3 rings (SSSR count). The summed E-state index contributed by atoms with van der Waals surface area (Å²) in [6.07, 6.45) is 4.52. The van der Waals surface area contributed by atoms with Gasteiger partial charge < -0.3 is 10.2 Å². The Morgan fingerprint density at radius 2 is 1.81 bits per heavy atom. The van der Waals surface area contributed by atoms with Crippen LogP contribution in [0.3, 0.4) is 0 Å². The molecule has 0 radical (unpaired) electrons. The van der Waals surface area contributed by atoms with Crippen molar-refractivity contribution in [2.24, 2.45) is 0 Å². The number of rotatable bonds is 5. The van der Waals surface area contributed by atoms with Crippen molar-refractivity contribution >= 4 is 11.4 Å². The molecule has 0 aliphatic heterocycles. The first kappa shape index (κ1) is 14.1. The quantitative estimate of drug-likeness (QED) is 0.905. The standard InChI is InChI=1S/C18H23N3/c1-13-8-14(2)10-18(9-13)21(3)17-6-7-19-16(11-17)12-20-15-4-5-15/h6-11,15,20H,4-5,12H2,1-3H3. The first-order chi connectivity index (χ1) is 10.1. The molecule has 0 amide bonds. The second-order valence-corrected chi connectivity index (χ2v) is 6.07. The molecule has 3 heteroatoms. The van der Waals surface area contributed by atoms with Crippen LogP contribution in [0.2, 0.25) is 0 Å². The van der Waals surface area contributed by atoms with Crippen LogP contribution in [0.25, 0.3) is 0 Å². The van der Waals surface area contributed by atoms with Crippen molar-refractivity contribution in [1.29, 1.82) is 0 Å². The molecule has 1 aromatic carbocycles. The van der Waals surface area contributed by atoms with E-state index in [9.17, 15) is 0 Å². The van der Waals surface area contributed by atoms with E-state index >= 15 is 0 Å². The van der Waals surface area contributed by atoms with Gasteiger partial charge in [0.15, 0.2) is 0 Å². The SMILES string of the molecule is Cc1cc(C)cc(N(C)c2ccnc(CNC3CC3)c2)c1. The minimum Gasteiger partial charge on any atom is -0.345 e. The predicted molar refractivity (Wildman–Crippen MR) is 88.1 cm³/mol. The molecule has 0 atom stereocenters. The third-order valence-corrected chi connectivity index (χ3v) is 3.93. The van der Waals surface area contributed by atoms with Crippen LogP contribution in [0.5, 0.6) is 0 Å². The summed E-state index contributed by atoms with van der Waals surface area (Å²) in [6.45, 7) is 5.14. The molecule has 0 unspecified atom stereocenters. The Labute approximate surface area is 127 Å². The molecule has 1 fully saturated rings. The van der Waals surface area contributed by atoms with Gasteiger partial charge in [0.1, 0.15) is 0 Å².